The summed E-state index contributed by atoms with van der Waals surface area (Å²) in [6.07, 6.45) is 4.29. The SMILES string of the molecule is COC1(C(=O)Cc2cc(C)cc(C)c2)CCC(C)(C)CC1. The zero-order chi connectivity index (χ0) is 15.7. The number of ketones is 1. The Bertz CT molecular complexity index is 498. The molecule has 2 rings (SSSR count). The van der Waals surface area contributed by atoms with E-state index in [-0.39, 0.29) is 5.78 Å². The summed E-state index contributed by atoms with van der Waals surface area (Å²) in [5, 5.41) is 0. The third-order valence-electron chi connectivity index (χ3n) is 4.96. The lowest BCUT2D eigenvalue weighted by molar-refractivity contribution is -0.147. The Labute approximate surface area is 128 Å². The Balaban J connectivity index is 2.14. The molecule has 1 fully saturated rings. The predicted octanol–water partition coefficient (Wildman–Crippen LogP) is 4.40. The maximum atomic E-state index is 12.8. The summed E-state index contributed by atoms with van der Waals surface area (Å²) in [7, 11) is 1.69. The summed E-state index contributed by atoms with van der Waals surface area (Å²) in [5.41, 5.74) is 3.32. The molecule has 1 aromatic rings. The first-order valence-electron chi connectivity index (χ1n) is 7.92. The average Bonchev–Trinajstić information content (AvgIpc) is 2.38. The summed E-state index contributed by atoms with van der Waals surface area (Å²) in [6, 6.07) is 6.37. The van der Waals surface area contributed by atoms with Crippen LogP contribution in [0.25, 0.3) is 0 Å². The van der Waals surface area contributed by atoms with E-state index in [2.05, 4.69) is 45.9 Å². The minimum atomic E-state index is -0.562. The Morgan fingerprint density at radius 2 is 1.57 bits per heavy atom. The van der Waals surface area contributed by atoms with Gasteiger partial charge < -0.3 is 4.74 Å². The Kier molecular flexibility index (Phi) is 4.57. The number of benzene rings is 1. The van der Waals surface area contributed by atoms with Gasteiger partial charge in [-0.25, -0.2) is 0 Å². The number of rotatable bonds is 4. The van der Waals surface area contributed by atoms with Gasteiger partial charge >= 0.3 is 0 Å². The highest BCUT2D eigenvalue weighted by Crippen LogP contribution is 2.42. The predicted molar refractivity (Wildman–Crippen MR) is 86.6 cm³/mol. The number of methoxy groups -OCH3 is 1. The number of carbonyl (C=O) groups is 1. The fraction of sp³-hybridized carbons (Fsp3) is 0.632. The molecule has 0 aliphatic heterocycles. The van der Waals surface area contributed by atoms with Gasteiger partial charge in [-0.1, -0.05) is 43.2 Å². The van der Waals surface area contributed by atoms with Gasteiger partial charge in [0, 0.05) is 13.5 Å². The van der Waals surface area contributed by atoms with Crippen LogP contribution in [0.1, 0.15) is 56.2 Å². The number of aryl methyl sites for hydroxylation is 2. The summed E-state index contributed by atoms with van der Waals surface area (Å²) in [6.45, 7) is 8.72. The van der Waals surface area contributed by atoms with Crippen molar-refractivity contribution in [3.63, 3.8) is 0 Å². The third-order valence-corrected chi connectivity index (χ3v) is 4.96. The molecule has 0 radical (unpaired) electrons. The zero-order valence-electron chi connectivity index (χ0n) is 14.1. The van der Waals surface area contributed by atoms with Gasteiger partial charge in [-0.3, -0.25) is 4.79 Å². The molecule has 0 N–H and O–H groups in total. The first-order valence-corrected chi connectivity index (χ1v) is 7.92. The van der Waals surface area contributed by atoms with E-state index in [9.17, 15) is 4.79 Å². The second-order valence-corrected chi connectivity index (χ2v) is 7.46. The van der Waals surface area contributed by atoms with Gasteiger partial charge in [0.1, 0.15) is 5.60 Å². The molecule has 2 heteroatoms. The zero-order valence-corrected chi connectivity index (χ0v) is 14.1. The van der Waals surface area contributed by atoms with Crippen LogP contribution in [-0.2, 0) is 16.0 Å². The van der Waals surface area contributed by atoms with E-state index in [4.69, 9.17) is 4.74 Å². The largest absolute Gasteiger partial charge is 0.370 e. The number of ether oxygens (including phenoxy) is 1. The van der Waals surface area contributed by atoms with Gasteiger partial charge in [0.25, 0.3) is 0 Å². The lowest BCUT2D eigenvalue weighted by Crippen LogP contribution is -2.46. The van der Waals surface area contributed by atoms with Crippen LogP contribution in [-0.4, -0.2) is 18.5 Å². The van der Waals surface area contributed by atoms with E-state index < -0.39 is 5.60 Å². The van der Waals surface area contributed by atoms with E-state index in [1.807, 2.05) is 0 Å². The molecule has 0 unspecified atom stereocenters. The minimum absolute atomic E-state index is 0.241. The normalized spacial score (nSPS) is 20.2. The third kappa shape index (κ3) is 3.74. The van der Waals surface area contributed by atoms with Gasteiger partial charge in [0.15, 0.2) is 5.78 Å². The van der Waals surface area contributed by atoms with Crippen molar-refractivity contribution in [1.82, 2.24) is 0 Å². The van der Waals surface area contributed by atoms with Crippen molar-refractivity contribution in [2.24, 2.45) is 5.41 Å². The second-order valence-electron chi connectivity index (χ2n) is 7.46. The molecule has 0 saturated heterocycles. The van der Waals surface area contributed by atoms with Crippen LogP contribution in [0.5, 0.6) is 0 Å². The van der Waals surface area contributed by atoms with Crippen molar-refractivity contribution < 1.29 is 9.53 Å². The fourth-order valence-electron chi connectivity index (χ4n) is 3.44. The molecule has 1 saturated carbocycles. The van der Waals surface area contributed by atoms with Crippen LogP contribution < -0.4 is 0 Å². The number of hydrogen-bond donors (Lipinski definition) is 0. The van der Waals surface area contributed by atoms with Crippen molar-refractivity contribution in [3.8, 4) is 0 Å². The van der Waals surface area contributed by atoms with E-state index in [0.717, 1.165) is 31.2 Å². The summed E-state index contributed by atoms with van der Waals surface area (Å²) < 4.78 is 5.72. The van der Waals surface area contributed by atoms with Crippen molar-refractivity contribution >= 4 is 5.78 Å². The Morgan fingerprint density at radius 1 is 1.05 bits per heavy atom. The minimum Gasteiger partial charge on any atom is -0.370 e. The smallest absolute Gasteiger partial charge is 0.168 e. The lowest BCUT2D eigenvalue weighted by atomic mass is 9.69. The van der Waals surface area contributed by atoms with E-state index in [0.29, 0.717) is 11.8 Å². The number of Topliss-reactive ketones (excluding diaryl/α,β-unsaturated/α-hetero) is 1. The second kappa shape index (κ2) is 5.92. The van der Waals surface area contributed by atoms with Crippen LogP contribution >= 0.6 is 0 Å². The lowest BCUT2D eigenvalue weighted by Gasteiger charge is -2.41. The van der Waals surface area contributed by atoms with Gasteiger partial charge in [0.05, 0.1) is 0 Å². The molecule has 21 heavy (non-hydrogen) atoms. The molecular weight excluding hydrogens is 260 g/mol. The van der Waals surface area contributed by atoms with Crippen LogP contribution in [0.2, 0.25) is 0 Å². The molecule has 1 aliphatic rings. The van der Waals surface area contributed by atoms with Crippen molar-refractivity contribution in [2.75, 3.05) is 7.11 Å². The summed E-state index contributed by atoms with van der Waals surface area (Å²) >= 11 is 0. The van der Waals surface area contributed by atoms with Crippen molar-refractivity contribution in [3.05, 3.63) is 34.9 Å². The maximum Gasteiger partial charge on any atom is 0.168 e. The molecule has 1 aromatic carbocycles. The van der Waals surface area contributed by atoms with Gasteiger partial charge in [-0.15, -0.1) is 0 Å². The Morgan fingerprint density at radius 3 is 2.05 bits per heavy atom. The standard InChI is InChI=1S/C19H28O2/c1-14-10-15(2)12-16(11-14)13-17(20)19(21-5)8-6-18(3,4)7-9-19/h10-12H,6-9,13H2,1-5H3. The molecule has 2 nitrogen and oxygen atoms in total. The van der Waals surface area contributed by atoms with E-state index >= 15 is 0 Å². The molecule has 0 amide bonds. The number of hydrogen-bond acceptors (Lipinski definition) is 2. The molecule has 116 valence electrons. The van der Waals surface area contributed by atoms with Gasteiger partial charge in [0.2, 0.25) is 0 Å². The first-order chi connectivity index (χ1) is 9.76. The maximum absolute atomic E-state index is 12.8. The molecule has 1 aliphatic carbocycles. The van der Waals surface area contributed by atoms with Crippen LogP contribution in [0, 0.1) is 19.3 Å². The number of carbonyl (C=O) groups excluding carboxylic acids is 1. The molecule has 0 heterocycles. The van der Waals surface area contributed by atoms with Crippen LogP contribution in [0.3, 0.4) is 0 Å². The summed E-state index contributed by atoms with van der Waals surface area (Å²) in [5.74, 6) is 0.241. The molecule has 0 spiro atoms. The molecular formula is C19H28O2. The summed E-state index contributed by atoms with van der Waals surface area (Å²) in [4.78, 5) is 12.8. The monoisotopic (exact) mass is 288 g/mol. The van der Waals surface area contributed by atoms with Crippen molar-refractivity contribution in [1.29, 1.82) is 0 Å². The quantitative estimate of drug-likeness (QED) is 0.821. The average molecular weight is 288 g/mol. The van der Waals surface area contributed by atoms with Gasteiger partial charge in [-0.05, 0) is 50.5 Å². The van der Waals surface area contributed by atoms with Gasteiger partial charge in [-0.2, -0.15) is 0 Å². The topological polar surface area (TPSA) is 26.3 Å². The van der Waals surface area contributed by atoms with E-state index in [1.165, 1.54) is 11.1 Å². The highest BCUT2D eigenvalue weighted by molar-refractivity contribution is 5.89. The molecule has 0 aromatic heterocycles. The Hall–Kier alpha value is -1.15. The molecule has 0 atom stereocenters. The fourth-order valence-corrected chi connectivity index (χ4v) is 3.44. The van der Waals surface area contributed by atoms with Crippen LogP contribution in [0.15, 0.2) is 18.2 Å². The highest BCUT2D eigenvalue weighted by Gasteiger charge is 2.43. The van der Waals surface area contributed by atoms with Crippen molar-refractivity contribution in [2.45, 2.75) is 65.4 Å². The van der Waals surface area contributed by atoms with E-state index in [1.54, 1.807) is 7.11 Å². The van der Waals surface area contributed by atoms with Crippen LogP contribution in [0.4, 0.5) is 0 Å². The highest BCUT2D eigenvalue weighted by atomic mass is 16.5. The molecule has 0 bridgehead atoms. The first kappa shape index (κ1) is 16.2.